The summed E-state index contributed by atoms with van der Waals surface area (Å²) < 4.78 is 7.02. The number of ether oxygens (including phenoxy) is 1. The van der Waals surface area contributed by atoms with Gasteiger partial charge in [-0.3, -0.25) is 9.48 Å². The SMILES string of the molecule is CCOC(=O)[C@H](CS)NC(=O)c1c(I)cnn1C. The molecule has 0 spiro atoms. The van der Waals surface area contributed by atoms with Crippen molar-refractivity contribution in [3.8, 4) is 0 Å². The zero-order valence-electron chi connectivity index (χ0n) is 10.0. The standard InChI is InChI=1S/C10H14IN3O3S/c1-3-17-10(16)7(5-18)13-9(15)8-6(11)4-12-14(8)2/h4,7,18H,3,5H2,1-2H3,(H,13,15)/t7-/m0/s1. The Balaban J connectivity index is 2.77. The lowest BCUT2D eigenvalue weighted by Crippen LogP contribution is -2.44. The van der Waals surface area contributed by atoms with E-state index in [0.29, 0.717) is 5.69 Å². The molecule has 0 radical (unpaired) electrons. The van der Waals surface area contributed by atoms with Crippen molar-refractivity contribution in [3.05, 3.63) is 15.5 Å². The van der Waals surface area contributed by atoms with E-state index in [4.69, 9.17) is 4.74 Å². The molecule has 100 valence electrons. The van der Waals surface area contributed by atoms with Crippen LogP contribution >= 0.6 is 35.2 Å². The first-order valence-corrected chi connectivity index (χ1v) is 6.98. The van der Waals surface area contributed by atoms with Crippen LogP contribution in [-0.2, 0) is 16.6 Å². The first kappa shape index (κ1) is 15.3. The van der Waals surface area contributed by atoms with Crippen LogP contribution < -0.4 is 5.32 Å². The Morgan fingerprint density at radius 1 is 1.67 bits per heavy atom. The molecule has 0 bridgehead atoms. The van der Waals surface area contributed by atoms with Crippen molar-refractivity contribution in [3.63, 3.8) is 0 Å². The molecule has 18 heavy (non-hydrogen) atoms. The summed E-state index contributed by atoms with van der Waals surface area (Å²) in [6.07, 6.45) is 1.58. The Morgan fingerprint density at radius 2 is 2.33 bits per heavy atom. The van der Waals surface area contributed by atoms with Gasteiger partial charge in [0.05, 0.1) is 16.4 Å². The van der Waals surface area contributed by atoms with E-state index in [1.165, 1.54) is 4.68 Å². The van der Waals surface area contributed by atoms with E-state index in [0.717, 1.165) is 3.57 Å². The van der Waals surface area contributed by atoms with Crippen LogP contribution in [0.5, 0.6) is 0 Å². The maximum atomic E-state index is 12.0. The van der Waals surface area contributed by atoms with Crippen molar-refractivity contribution in [1.29, 1.82) is 0 Å². The molecule has 0 aliphatic carbocycles. The van der Waals surface area contributed by atoms with Crippen LogP contribution in [0, 0.1) is 3.57 Å². The number of amides is 1. The van der Waals surface area contributed by atoms with E-state index in [9.17, 15) is 9.59 Å². The second-order valence-corrected chi connectivity index (χ2v) is 4.95. The molecule has 8 heteroatoms. The highest BCUT2D eigenvalue weighted by Crippen LogP contribution is 2.10. The molecule has 1 heterocycles. The normalized spacial score (nSPS) is 12.0. The second kappa shape index (κ2) is 6.98. The number of thiol groups is 1. The van der Waals surface area contributed by atoms with Crippen LogP contribution in [-0.4, -0.2) is 40.1 Å². The minimum Gasteiger partial charge on any atom is -0.464 e. The fraction of sp³-hybridized carbons (Fsp3) is 0.500. The molecule has 1 aromatic heterocycles. The number of nitrogens with one attached hydrogen (secondary N) is 1. The number of aromatic nitrogens is 2. The van der Waals surface area contributed by atoms with Crippen molar-refractivity contribution in [2.45, 2.75) is 13.0 Å². The maximum Gasteiger partial charge on any atom is 0.329 e. The molecule has 0 unspecified atom stereocenters. The van der Waals surface area contributed by atoms with E-state index in [2.05, 4.69) is 23.0 Å². The highest BCUT2D eigenvalue weighted by atomic mass is 127. The Morgan fingerprint density at radius 3 is 2.78 bits per heavy atom. The number of rotatable bonds is 5. The topological polar surface area (TPSA) is 73.2 Å². The van der Waals surface area contributed by atoms with Gasteiger partial charge >= 0.3 is 5.97 Å². The molecular formula is C10H14IN3O3S. The summed E-state index contributed by atoms with van der Waals surface area (Å²) >= 11 is 6.04. The number of nitrogens with zero attached hydrogens (tertiary/aromatic N) is 2. The van der Waals surface area contributed by atoms with Gasteiger partial charge in [0, 0.05) is 12.8 Å². The number of aryl methyl sites for hydroxylation is 1. The lowest BCUT2D eigenvalue weighted by Gasteiger charge is -2.15. The predicted octanol–water partition coefficient (Wildman–Crippen LogP) is 0.616. The number of hydrogen-bond donors (Lipinski definition) is 2. The average molecular weight is 383 g/mol. The number of hydrogen-bond acceptors (Lipinski definition) is 5. The minimum absolute atomic E-state index is 0.180. The molecule has 1 aromatic rings. The lowest BCUT2D eigenvalue weighted by molar-refractivity contribution is -0.144. The molecule has 0 aliphatic rings. The number of halogens is 1. The molecule has 0 saturated heterocycles. The van der Waals surface area contributed by atoms with Crippen molar-refractivity contribution >= 4 is 47.1 Å². The fourth-order valence-corrected chi connectivity index (χ4v) is 2.27. The zero-order chi connectivity index (χ0) is 13.7. The molecule has 6 nitrogen and oxygen atoms in total. The summed E-state index contributed by atoms with van der Waals surface area (Å²) in [4.78, 5) is 23.5. The van der Waals surface area contributed by atoms with Crippen molar-refractivity contribution in [2.24, 2.45) is 7.05 Å². The Kier molecular flexibility index (Phi) is 5.93. The largest absolute Gasteiger partial charge is 0.464 e. The summed E-state index contributed by atoms with van der Waals surface area (Å²) in [5, 5.41) is 6.54. The summed E-state index contributed by atoms with van der Waals surface area (Å²) in [5.74, 6) is -0.677. The van der Waals surface area contributed by atoms with Gasteiger partial charge in [-0.25, -0.2) is 4.79 Å². The molecule has 0 fully saturated rings. The molecule has 1 amide bonds. The Labute approximate surface area is 124 Å². The van der Waals surface area contributed by atoms with Crippen molar-refractivity contribution in [2.75, 3.05) is 12.4 Å². The van der Waals surface area contributed by atoms with Crippen molar-refractivity contribution in [1.82, 2.24) is 15.1 Å². The van der Waals surface area contributed by atoms with Crippen LogP contribution in [0.4, 0.5) is 0 Å². The number of carbonyl (C=O) groups is 2. The zero-order valence-corrected chi connectivity index (χ0v) is 13.1. The lowest BCUT2D eigenvalue weighted by atomic mass is 10.3. The summed E-state index contributed by atoms with van der Waals surface area (Å²) in [7, 11) is 1.66. The van der Waals surface area contributed by atoms with Crippen LogP contribution in [0.3, 0.4) is 0 Å². The highest BCUT2D eigenvalue weighted by molar-refractivity contribution is 14.1. The van der Waals surface area contributed by atoms with Crippen LogP contribution in [0.2, 0.25) is 0 Å². The average Bonchev–Trinajstić information content (AvgIpc) is 2.66. The van der Waals surface area contributed by atoms with Gasteiger partial charge in [-0.1, -0.05) is 0 Å². The highest BCUT2D eigenvalue weighted by Gasteiger charge is 2.23. The fourth-order valence-electron chi connectivity index (χ4n) is 1.31. The molecular weight excluding hydrogens is 369 g/mol. The Hall–Kier alpha value is -0.770. The monoisotopic (exact) mass is 383 g/mol. The van der Waals surface area contributed by atoms with Crippen molar-refractivity contribution < 1.29 is 14.3 Å². The molecule has 0 aliphatic heterocycles. The van der Waals surface area contributed by atoms with E-state index < -0.39 is 12.0 Å². The summed E-state index contributed by atoms with van der Waals surface area (Å²) in [6.45, 7) is 1.97. The van der Waals surface area contributed by atoms with Crippen LogP contribution in [0.25, 0.3) is 0 Å². The number of esters is 1. The molecule has 1 rings (SSSR count). The first-order valence-electron chi connectivity index (χ1n) is 5.27. The number of carbonyl (C=O) groups excluding carboxylic acids is 2. The predicted molar refractivity (Wildman–Crippen MR) is 77.7 cm³/mol. The summed E-state index contributed by atoms with van der Waals surface area (Å²) in [5.41, 5.74) is 0.409. The first-order chi connectivity index (χ1) is 8.51. The van der Waals surface area contributed by atoms with Gasteiger partial charge in [-0.05, 0) is 29.5 Å². The van der Waals surface area contributed by atoms with Gasteiger partial charge in [0.2, 0.25) is 0 Å². The van der Waals surface area contributed by atoms with Gasteiger partial charge in [0.25, 0.3) is 5.91 Å². The molecule has 1 N–H and O–H groups in total. The van der Waals surface area contributed by atoms with Gasteiger partial charge in [-0.15, -0.1) is 0 Å². The van der Waals surface area contributed by atoms with Gasteiger partial charge < -0.3 is 10.1 Å². The van der Waals surface area contributed by atoms with E-state index >= 15 is 0 Å². The van der Waals surface area contributed by atoms with Crippen LogP contribution in [0.1, 0.15) is 17.4 Å². The van der Waals surface area contributed by atoms with Gasteiger partial charge in [0.1, 0.15) is 11.7 Å². The van der Waals surface area contributed by atoms with E-state index in [1.807, 2.05) is 22.6 Å². The smallest absolute Gasteiger partial charge is 0.329 e. The third-order valence-corrected chi connectivity index (χ3v) is 3.32. The van der Waals surface area contributed by atoms with E-state index in [-0.39, 0.29) is 18.3 Å². The van der Waals surface area contributed by atoms with Gasteiger partial charge in [-0.2, -0.15) is 17.7 Å². The third kappa shape index (κ3) is 3.61. The molecule has 1 atom stereocenters. The second-order valence-electron chi connectivity index (χ2n) is 3.43. The maximum absolute atomic E-state index is 12.0. The van der Waals surface area contributed by atoms with E-state index in [1.54, 1.807) is 20.2 Å². The molecule has 0 saturated carbocycles. The quantitative estimate of drug-likeness (QED) is 0.444. The molecule has 0 aromatic carbocycles. The minimum atomic E-state index is -0.758. The van der Waals surface area contributed by atoms with Gasteiger partial charge in [0.15, 0.2) is 0 Å². The third-order valence-electron chi connectivity index (χ3n) is 2.17. The van der Waals surface area contributed by atoms with Crippen LogP contribution in [0.15, 0.2) is 6.20 Å². The Bertz CT molecular complexity index is 430. The summed E-state index contributed by atoms with van der Waals surface area (Å²) in [6, 6.07) is -0.758.